The minimum Gasteiger partial charge on any atom is -0.374 e. The molecule has 3 rings (SSSR count). The lowest BCUT2D eigenvalue weighted by Gasteiger charge is -2.43. The molecule has 0 radical (unpaired) electrons. The molecule has 1 N–H and O–H groups in total. The van der Waals surface area contributed by atoms with Crippen LogP contribution in [0.5, 0.6) is 0 Å². The summed E-state index contributed by atoms with van der Waals surface area (Å²) in [5.74, 6) is 0. The normalized spacial score (nSPS) is 25.2. The van der Waals surface area contributed by atoms with Crippen LogP contribution in [0.15, 0.2) is 0 Å². The van der Waals surface area contributed by atoms with Crippen LogP contribution < -0.4 is 5.32 Å². The molecule has 1 unspecified atom stereocenters. The Morgan fingerprint density at radius 3 is 3.16 bits per heavy atom. The van der Waals surface area contributed by atoms with E-state index >= 15 is 0 Å². The van der Waals surface area contributed by atoms with Crippen LogP contribution in [0.4, 0.5) is 5.00 Å². The van der Waals surface area contributed by atoms with E-state index in [4.69, 9.17) is 0 Å². The van der Waals surface area contributed by atoms with Gasteiger partial charge in [-0.1, -0.05) is 10.9 Å². The summed E-state index contributed by atoms with van der Waals surface area (Å²) in [5, 5.41) is 8.79. The van der Waals surface area contributed by atoms with Crippen molar-refractivity contribution in [2.45, 2.75) is 38.8 Å². The van der Waals surface area contributed by atoms with Crippen LogP contribution in [-0.2, 0) is 6.54 Å². The van der Waals surface area contributed by atoms with Gasteiger partial charge in [-0.05, 0) is 26.3 Å². The van der Waals surface area contributed by atoms with Crippen molar-refractivity contribution in [2.75, 3.05) is 38.0 Å². The van der Waals surface area contributed by atoms with Gasteiger partial charge in [-0.25, -0.2) is 0 Å². The number of rotatable bonds is 4. The van der Waals surface area contributed by atoms with E-state index in [0.717, 1.165) is 29.8 Å². The van der Waals surface area contributed by atoms with Gasteiger partial charge in [-0.2, -0.15) is 0 Å². The Morgan fingerprint density at radius 1 is 1.32 bits per heavy atom. The van der Waals surface area contributed by atoms with E-state index in [9.17, 15) is 0 Å². The summed E-state index contributed by atoms with van der Waals surface area (Å²) in [4.78, 5) is 5.22. The number of nitrogens with zero attached hydrogens (tertiary/aromatic N) is 4. The minimum atomic E-state index is 0.775. The molecule has 2 saturated heterocycles. The summed E-state index contributed by atoms with van der Waals surface area (Å²) < 4.78 is 4.08. The number of nitrogens with one attached hydrogen (secondary N) is 1. The lowest BCUT2D eigenvalue weighted by atomic mass is 9.99. The number of piperazine rings is 1. The second-order valence-corrected chi connectivity index (χ2v) is 6.25. The molecule has 2 aliphatic heterocycles. The molecule has 1 atom stereocenters. The van der Waals surface area contributed by atoms with Crippen molar-refractivity contribution in [1.82, 2.24) is 19.4 Å². The molecule has 5 nitrogen and oxygen atoms in total. The number of hydrogen-bond donors (Lipinski definition) is 1. The Hall–Kier alpha value is -0.720. The zero-order valence-corrected chi connectivity index (χ0v) is 12.5. The third-order valence-electron chi connectivity index (χ3n) is 4.19. The third kappa shape index (κ3) is 3.07. The van der Waals surface area contributed by atoms with Crippen LogP contribution in [0, 0.1) is 0 Å². The second-order valence-electron chi connectivity index (χ2n) is 5.50. The van der Waals surface area contributed by atoms with Gasteiger partial charge in [0.15, 0.2) is 0 Å². The highest BCUT2D eigenvalue weighted by atomic mass is 32.1. The molecular weight excluding hydrogens is 258 g/mol. The molecule has 106 valence electrons. The predicted octanol–water partition coefficient (Wildman–Crippen LogP) is 1.64. The number of aromatic nitrogens is 2. The van der Waals surface area contributed by atoms with Gasteiger partial charge in [0.1, 0.15) is 10.7 Å². The minimum absolute atomic E-state index is 0.775. The maximum absolute atomic E-state index is 4.28. The molecular formula is C13H23N5S. The molecule has 1 aromatic rings. The first-order chi connectivity index (χ1) is 9.36. The first-order valence-corrected chi connectivity index (χ1v) is 8.15. The predicted molar refractivity (Wildman–Crippen MR) is 78.6 cm³/mol. The Kier molecular flexibility index (Phi) is 4.30. The number of fused-ring (bicyclic) bond motifs is 1. The van der Waals surface area contributed by atoms with E-state index in [1.165, 1.54) is 57.0 Å². The van der Waals surface area contributed by atoms with Gasteiger partial charge in [-0.3, -0.25) is 9.80 Å². The monoisotopic (exact) mass is 281 g/mol. The van der Waals surface area contributed by atoms with Crippen LogP contribution in [0.3, 0.4) is 0 Å². The molecule has 0 aromatic carbocycles. The fourth-order valence-corrected chi connectivity index (χ4v) is 3.82. The standard InChI is InChI=1S/C13H23N5S/c1-2-14-13-12(15-16-19-13)10-17-7-8-18-6-4-3-5-11(18)9-17/h11,14H,2-10H2,1H3. The lowest BCUT2D eigenvalue weighted by Crippen LogP contribution is -2.54. The van der Waals surface area contributed by atoms with Crippen molar-refractivity contribution in [3.05, 3.63) is 5.69 Å². The van der Waals surface area contributed by atoms with Crippen LogP contribution in [0.1, 0.15) is 31.9 Å². The average molecular weight is 281 g/mol. The Balaban J connectivity index is 1.59. The summed E-state index contributed by atoms with van der Waals surface area (Å²) in [6.45, 7) is 8.89. The van der Waals surface area contributed by atoms with Crippen LogP contribution in [0.25, 0.3) is 0 Å². The maximum atomic E-state index is 4.28. The van der Waals surface area contributed by atoms with E-state index in [-0.39, 0.29) is 0 Å². The first-order valence-electron chi connectivity index (χ1n) is 7.38. The zero-order valence-electron chi connectivity index (χ0n) is 11.6. The lowest BCUT2D eigenvalue weighted by molar-refractivity contribution is 0.0452. The van der Waals surface area contributed by atoms with Crippen molar-refractivity contribution in [1.29, 1.82) is 0 Å². The average Bonchev–Trinajstić information content (AvgIpc) is 2.86. The molecule has 0 spiro atoms. The van der Waals surface area contributed by atoms with Crippen LogP contribution in [-0.4, -0.2) is 58.2 Å². The Labute approximate surface area is 119 Å². The van der Waals surface area contributed by atoms with Crippen molar-refractivity contribution < 1.29 is 0 Å². The fraction of sp³-hybridized carbons (Fsp3) is 0.846. The molecule has 6 heteroatoms. The van der Waals surface area contributed by atoms with Crippen molar-refractivity contribution in [3.8, 4) is 0 Å². The maximum Gasteiger partial charge on any atom is 0.134 e. The number of piperidine rings is 1. The van der Waals surface area contributed by atoms with Crippen molar-refractivity contribution in [3.63, 3.8) is 0 Å². The quantitative estimate of drug-likeness (QED) is 0.909. The van der Waals surface area contributed by atoms with Gasteiger partial charge >= 0.3 is 0 Å². The van der Waals surface area contributed by atoms with Gasteiger partial charge < -0.3 is 5.32 Å². The van der Waals surface area contributed by atoms with Crippen molar-refractivity contribution >= 4 is 16.5 Å². The molecule has 0 bridgehead atoms. The van der Waals surface area contributed by atoms with Crippen LogP contribution >= 0.6 is 11.5 Å². The Bertz CT molecular complexity index is 407. The van der Waals surface area contributed by atoms with Gasteiger partial charge in [0.25, 0.3) is 0 Å². The molecule has 0 saturated carbocycles. The van der Waals surface area contributed by atoms with E-state index in [1.54, 1.807) is 0 Å². The van der Waals surface area contributed by atoms with Gasteiger partial charge in [-0.15, -0.1) is 5.10 Å². The third-order valence-corrected chi connectivity index (χ3v) is 4.91. The molecule has 2 fully saturated rings. The molecule has 3 heterocycles. The fourth-order valence-electron chi connectivity index (χ4n) is 3.18. The topological polar surface area (TPSA) is 44.3 Å². The highest BCUT2D eigenvalue weighted by Gasteiger charge is 2.29. The van der Waals surface area contributed by atoms with E-state index < -0.39 is 0 Å². The van der Waals surface area contributed by atoms with Gasteiger partial charge in [0.2, 0.25) is 0 Å². The van der Waals surface area contributed by atoms with E-state index in [0.29, 0.717) is 0 Å². The van der Waals surface area contributed by atoms with Gasteiger partial charge in [0.05, 0.1) is 0 Å². The highest BCUT2D eigenvalue weighted by molar-refractivity contribution is 7.10. The molecule has 2 aliphatic rings. The molecule has 0 amide bonds. The van der Waals surface area contributed by atoms with Gasteiger partial charge in [0, 0.05) is 50.3 Å². The van der Waals surface area contributed by atoms with Crippen LogP contribution in [0.2, 0.25) is 0 Å². The molecule has 19 heavy (non-hydrogen) atoms. The zero-order chi connectivity index (χ0) is 13.1. The number of anilines is 1. The summed E-state index contributed by atoms with van der Waals surface area (Å²) in [6.07, 6.45) is 4.15. The summed E-state index contributed by atoms with van der Waals surface area (Å²) >= 11 is 1.48. The summed E-state index contributed by atoms with van der Waals surface area (Å²) in [6, 6.07) is 0.775. The highest BCUT2D eigenvalue weighted by Crippen LogP contribution is 2.24. The van der Waals surface area contributed by atoms with E-state index in [1.807, 2.05) is 0 Å². The van der Waals surface area contributed by atoms with Crippen molar-refractivity contribution in [2.24, 2.45) is 0 Å². The number of hydrogen-bond acceptors (Lipinski definition) is 6. The summed E-state index contributed by atoms with van der Waals surface area (Å²) in [7, 11) is 0. The SMILES string of the molecule is CCNc1snnc1CN1CCN2CCCCC2C1. The largest absolute Gasteiger partial charge is 0.374 e. The van der Waals surface area contributed by atoms with E-state index in [2.05, 4.69) is 31.6 Å². The Morgan fingerprint density at radius 2 is 2.26 bits per heavy atom. The second kappa shape index (κ2) is 6.15. The summed E-state index contributed by atoms with van der Waals surface area (Å²) in [5.41, 5.74) is 1.12. The molecule has 0 aliphatic carbocycles. The first kappa shape index (κ1) is 13.3. The molecule has 1 aromatic heterocycles. The smallest absolute Gasteiger partial charge is 0.134 e.